The highest BCUT2D eigenvalue weighted by Gasteiger charge is 2.11. The van der Waals surface area contributed by atoms with Crippen molar-refractivity contribution in [2.75, 3.05) is 19.0 Å². The molecule has 21 heavy (non-hydrogen) atoms. The van der Waals surface area contributed by atoms with Crippen LogP contribution in [0.25, 0.3) is 0 Å². The van der Waals surface area contributed by atoms with Gasteiger partial charge in [-0.25, -0.2) is 0 Å². The molecule has 0 saturated heterocycles. The molecular formula is C17H19NO3. The van der Waals surface area contributed by atoms with Crippen LogP contribution in [-0.4, -0.2) is 19.6 Å². The Hall–Kier alpha value is -2.49. The molecule has 0 radical (unpaired) electrons. The molecule has 0 fully saturated rings. The summed E-state index contributed by atoms with van der Waals surface area (Å²) in [6, 6.07) is 12.8. The molecule has 1 N–H and O–H groups in total. The van der Waals surface area contributed by atoms with E-state index in [1.807, 2.05) is 38.1 Å². The number of amides is 1. The van der Waals surface area contributed by atoms with E-state index in [9.17, 15) is 4.79 Å². The van der Waals surface area contributed by atoms with E-state index in [4.69, 9.17) is 9.47 Å². The van der Waals surface area contributed by atoms with Crippen LogP contribution in [0.15, 0.2) is 42.5 Å². The van der Waals surface area contributed by atoms with Gasteiger partial charge in [0.1, 0.15) is 0 Å². The van der Waals surface area contributed by atoms with Crippen molar-refractivity contribution < 1.29 is 14.3 Å². The summed E-state index contributed by atoms with van der Waals surface area (Å²) in [5.41, 5.74) is 2.35. The molecule has 2 rings (SSSR count). The van der Waals surface area contributed by atoms with Gasteiger partial charge >= 0.3 is 0 Å². The van der Waals surface area contributed by atoms with Crippen LogP contribution in [0.4, 0.5) is 5.69 Å². The largest absolute Gasteiger partial charge is 0.493 e. The summed E-state index contributed by atoms with van der Waals surface area (Å²) in [5.74, 6) is 1.01. The Balaban J connectivity index is 2.21. The molecule has 0 aliphatic rings. The number of methoxy groups -OCH3 is 1. The summed E-state index contributed by atoms with van der Waals surface area (Å²) >= 11 is 0. The van der Waals surface area contributed by atoms with Crippen molar-refractivity contribution in [3.63, 3.8) is 0 Å². The van der Waals surface area contributed by atoms with E-state index in [0.29, 0.717) is 23.7 Å². The molecule has 0 aromatic heterocycles. The summed E-state index contributed by atoms with van der Waals surface area (Å²) in [7, 11) is 1.56. The van der Waals surface area contributed by atoms with Crippen LogP contribution in [-0.2, 0) is 0 Å². The minimum Gasteiger partial charge on any atom is -0.493 e. The monoisotopic (exact) mass is 285 g/mol. The first-order valence-corrected chi connectivity index (χ1v) is 6.83. The van der Waals surface area contributed by atoms with Crippen LogP contribution >= 0.6 is 0 Å². The number of hydrogen-bond donors (Lipinski definition) is 1. The van der Waals surface area contributed by atoms with Gasteiger partial charge in [-0.05, 0) is 43.7 Å². The molecule has 0 bridgehead atoms. The summed E-state index contributed by atoms with van der Waals surface area (Å²) in [4.78, 5) is 12.3. The number of ether oxygens (including phenoxy) is 2. The molecular weight excluding hydrogens is 266 g/mol. The normalized spacial score (nSPS) is 10.0. The third-order valence-electron chi connectivity index (χ3n) is 3.12. The zero-order valence-electron chi connectivity index (χ0n) is 12.5. The third-order valence-corrected chi connectivity index (χ3v) is 3.12. The number of carbonyl (C=O) groups is 1. The summed E-state index contributed by atoms with van der Waals surface area (Å²) < 4.78 is 10.7. The van der Waals surface area contributed by atoms with Gasteiger partial charge in [-0.2, -0.15) is 0 Å². The molecule has 0 saturated carbocycles. The maximum atomic E-state index is 12.3. The quantitative estimate of drug-likeness (QED) is 0.912. The first-order chi connectivity index (χ1) is 10.2. The highest BCUT2D eigenvalue weighted by Crippen LogP contribution is 2.28. The van der Waals surface area contributed by atoms with E-state index >= 15 is 0 Å². The SMILES string of the molecule is CCOc1ccc(C(=O)Nc2ccccc2C)cc1OC. The van der Waals surface area contributed by atoms with E-state index in [1.54, 1.807) is 25.3 Å². The number of carbonyl (C=O) groups excluding carboxylic acids is 1. The van der Waals surface area contributed by atoms with E-state index < -0.39 is 0 Å². The van der Waals surface area contributed by atoms with Crippen LogP contribution in [0.1, 0.15) is 22.8 Å². The van der Waals surface area contributed by atoms with Gasteiger partial charge in [-0.1, -0.05) is 18.2 Å². The minimum atomic E-state index is -0.175. The maximum absolute atomic E-state index is 12.3. The fraction of sp³-hybridized carbons (Fsp3) is 0.235. The van der Waals surface area contributed by atoms with Crippen LogP contribution in [0.2, 0.25) is 0 Å². The molecule has 4 nitrogen and oxygen atoms in total. The van der Waals surface area contributed by atoms with Gasteiger partial charge in [0.2, 0.25) is 0 Å². The first kappa shape index (κ1) is 14.9. The third kappa shape index (κ3) is 3.54. The van der Waals surface area contributed by atoms with Gasteiger partial charge in [0.25, 0.3) is 5.91 Å². The molecule has 0 heterocycles. The Morgan fingerprint density at radius 2 is 1.90 bits per heavy atom. The van der Waals surface area contributed by atoms with Crippen LogP contribution < -0.4 is 14.8 Å². The lowest BCUT2D eigenvalue weighted by atomic mass is 10.1. The van der Waals surface area contributed by atoms with E-state index in [1.165, 1.54) is 0 Å². The molecule has 0 atom stereocenters. The number of hydrogen-bond acceptors (Lipinski definition) is 3. The molecule has 0 aliphatic heterocycles. The minimum absolute atomic E-state index is 0.175. The van der Waals surface area contributed by atoms with E-state index in [-0.39, 0.29) is 5.91 Å². The van der Waals surface area contributed by atoms with Gasteiger partial charge in [-0.3, -0.25) is 4.79 Å². The van der Waals surface area contributed by atoms with Crippen molar-refractivity contribution in [3.8, 4) is 11.5 Å². The second kappa shape index (κ2) is 6.79. The molecule has 0 aliphatic carbocycles. The van der Waals surface area contributed by atoms with E-state index in [2.05, 4.69) is 5.32 Å². The summed E-state index contributed by atoms with van der Waals surface area (Å²) in [6.07, 6.45) is 0. The van der Waals surface area contributed by atoms with Gasteiger partial charge < -0.3 is 14.8 Å². The van der Waals surface area contributed by atoms with Gasteiger partial charge in [-0.15, -0.1) is 0 Å². The number of benzene rings is 2. The number of anilines is 1. The number of aryl methyl sites for hydroxylation is 1. The Kier molecular flexibility index (Phi) is 4.82. The Morgan fingerprint density at radius 1 is 1.14 bits per heavy atom. The number of rotatable bonds is 5. The zero-order chi connectivity index (χ0) is 15.2. The lowest BCUT2D eigenvalue weighted by Crippen LogP contribution is -2.13. The molecule has 4 heteroatoms. The molecule has 1 amide bonds. The van der Waals surface area contributed by atoms with Crippen LogP contribution in [0, 0.1) is 6.92 Å². The van der Waals surface area contributed by atoms with Gasteiger partial charge in [0.15, 0.2) is 11.5 Å². The summed E-state index contributed by atoms with van der Waals surface area (Å²) in [5, 5.41) is 2.89. The van der Waals surface area contributed by atoms with Crippen molar-refractivity contribution >= 4 is 11.6 Å². The fourth-order valence-electron chi connectivity index (χ4n) is 1.99. The van der Waals surface area contributed by atoms with Gasteiger partial charge in [0, 0.05) is 11.3 Å². The Morgan fingerprint density at radius 3 is 2.57 bits per heavy atom. The van der Waals surface area contributed by atoms with Gasteiger partial charge in [0.05, 0.1) is 13.7 Å². The highest BCUT2D eigenvalue weighted by atomic mass is 16.5. The number of nitrogens with one attached hydrogen (secondary N) is 1. The predicted molar refractivity (Wildman–Crippen MR) is 83.3 cm³/mol. The zero-order valence-corrected chi connectivity index (χ0v) is 12.5. The van der Waals surface area contributed by atoms with Crippen molar-refractivity contribution in [1.82, 2.24) is 0 Å². The van der Waals surface area contributed by atoms with Crippen LogP contribution in [0.3, 0.4) is 0 Å². The molecule has 0 unspecified atom stereocenters. The lowest BCUT2D eigenvalue weighted by Gasteiger charge is -2.12. The van der Waals surface area contributed by atoms with Crippen molar-refractivity contribution in [3.05, 3.63) is 53.6 Å². The molecule has 2 aromatic rings. The fourth-order valence-corrected chi connectivity index (χ4v) is 1.99. The van der Waals surface area contributed by atoms with Crippen molar-refractivity contribution in [2.24, 2.45) is 0 Å². The predicted octanol–water partition coefficient (Wildman–Crippen LogP) is 3.65. The molecule has 110 valence electrons. The first-order valence-electron chi connectivity index (χ1n) is 6.83. The maximum Gasteiger partial charge on any atom is 0.255 e. The number of para-hydroxylation sites is 1. The Bertz CT molecular complexity index is 638. The lowest BCUT2D eigenvalue weighted by molar-refractivity contribution is 0.102. The van der Waals surface area contributed by atoms with Crippen molar-refractivity contribution in [1.29, 1.82) is 0 Å². The average Bonchev–Trinajstić information content (AvgIpc) is 2.50. The highest BCUT2D eigenvalue weighted by molar-refractivity contribution is 6.05. The van der Waals surface area contributed by atoms with Crippen LogP contribution in [0.5, 0.6) is 11.5 Å². The second-order valence-corrected chi connectivity index (χ2v) is 4.57. The Labute approximate surface area is 124 Å². The standard InChI is InChI=1S/C17H19NO3/c1-4-21-15-10-9-13(11-16(15)20-3)17(19)18-14-8-6-5-7-12(14)2/h5-11H,4H2,1-3H3,(H,18,19). The smallest absolute Gasteiger partial charge is 0.255 e. The molecule has 2 aromatic carbocycles. The summed E-state index contributed by atoms with van der Waals surface area (Å²) in [6.45, 7) is 4.40. The van der Waals surface area contributed by atoms with Crippen molar-refractivity contribution in [2.45, 2.75) is 13.8 Å². The average molecular weight is 285 g/mol. The topological polar surface area (TPSA) is 47.6 Å². The molecule has 0 spiro atoms. The van der Waals surface area contributed by atoms with E-state index in [0.717, 1.165) is 11.3 Å². The second-order valence-electron chi connectivity index (χ2n) is 4.57.